The minimum Gasteiger partial charge on any atom is -0.457 e. The van der Waals surface area contributed by atoms with E-state index in [0.29, 0.717) is 31.9 Å². The molecule has 1 aromatic carbocycles. The van der Waals surface area contributed by atoms with Crippen molar-refractivity contribution in [3.05, 3.63) is 29.8 Å². The fraction of sp³-hybridized carbons (Fsp3) is 0.611. The normalized spacial score (nSPS) is 22.9. The molecule has 0 saturated carbocycles. The van der Waals surface area contributed by atoms with Crippen molar-refractivity contribution < 1.29 is 22.7 Å². The summed E-state index contributed by atoms with van der Waals surface area (Å²) in [5, 5.41) is 0. The van der Waals surface area contributed by atoms with Crippen molar-refractivity contribution in [3.63, 3.8) is 0 Å². The summed E-state index contributed by atoms with van der Waals surface area (Å²) in [5.74, 6) is -0.400. The Morgan fingerprint density at radius 2 is 1.88 bits per heavy atom. The van der Waals surface area contributed by atoms with E-state index in [9.17, 15) is 13.2 Å². The van der Waals surface area contributed by atoms with Crippen LogP contribution in [0.25, 0.3) is 0 Å². The number of sulfonamides is 1. The third-order valence-corrected chi connectivity index (χ3v) is 6.79. The molecule has 7 nitrogen and oxygen atoms in total. The Morgan fingerprint density at radius 1 is 1.19 bits per heavy atom. The van der Waals surface area contributed by atoms with Gasteiger partial charge in [0.25, 0.3) is 0 Å². The number of ether oxygens (including phenoxy) is 2. The van der Waals surface area contributed by atoms with E-state index < -0.39 is 16.0 Å². The van der Waals surface area contributed by atoms with Gasteiger partial charge in [0.15, 0.2) is 0 Å². The highest BCUT2D eigenvalue weighted by Crippen LogP contribution is 2.19. The molecule has 0 spiro atoms. The highest BCUT2D eigenvalue weighted by Gasteiger charge is 2.27. The van der Waals surface area contributed by atoms with Crippen molar-refractivity contribution in [2.45, 2.75) is 30.8 Å². The van der Waals surface area contributed by atoms with E-state index in [1.807, 2.05) is 0 Å². The molecule has 0 bridgehead atoms. The lowest BCUT2D eigenvalue weighted by Crippen LogP contribution is -2.40. The van der Waals surface area contributed by atoms with Crippen molar-refractivity contribution in [3.8, 4) is 0 Å². The van der Waals surface area contributed by atoms with Gasteiger partial charge in [-0.15, -0.1) is 0 Å². The maximum absolute atomic E-state index is 12.6. The second kappa shape index (κ2) is 8.47. The van der Waals surface area contributed by atoms with Crippen molar-refractivity contribution in [2.75, 3.05) is 45.9 Å². The average Bonchev–Trinajstić information content (AvgIpc) is 2.69. The number of hydrogen-bond donors (Lipinski definition) is 0. The van der Waals surface area contributed by atoms with Crippen LogP contribution >= 0.6 is 0 Å². The maximum atomic E-state index is 12.6. The summed E-state index contributed by atoms with van der Waals surface area (Å²) in [4.78, 5) is 14.8. The minimum absolute atomic E-state index is 0.104. The Bertz CT molecular complexity index is 714. The van der Waals surface area contributed by atoms with E-state index in [0.717, 1.165) is 32.5 Å². The van der Waals surface area contributed by atoms with Gasteiger partial charge in [0.05, 0.1) is 23.7 Å². The molecule has 0 radical (unpaired) electrons. The molecule has 2 heterocycles. The van der Waals surface area contributed by atoms with Crippen LogP contribution in [-0.2, 0) is 19.5 Å². The molecule has 0 amide bonds. The molecular weight excluding hydrogens is 356 g/mol. The van der Waals surface area contributed by atoms with E-state index in [4.69, 9.17) is 9.47 Å². The Kier molecular flexibility index (Phi) is 6.29. The first-order chi connectivity index (χ1) is 12.5. The number of likely N-dealkylation sites (tertiary alicyclic amines) is 1. The highest BCUT2D eigenvalue weighted by atomic mass is 32.2. The number of hydrogen-bond acceptors (Lipinski definition) is 6. The van der Waals surface area contributed by atoms with E-state index in [1.54, 1.807) is 0 Å². The van der Waals surface area contributed by atoms with Crippen molar-refractivity contribution in [1.82, 2.24) is 9.21 Å². The first-order valence-electron chi connectivity index (χ1n) is 9.12. The van der Waals surface area contributed by atoms with Crippen LogP contribution in [0.3, 0.4) is 0 Å². The molecule has 144 valence electrons. The van der Waals surface area contributed by atoms with E-state index in [1.165, 1.54) is 28.6 Å². The summed E-state index contributed by atoms with van der Waals surface area (Å²) in [6, 6.07) is 5.99. The number of morpholine rings is 1. The van der Waals surface area contributed by atoms with Crippen molar-refractivity contribution in [1.29, 1.82) is 0 Å². The Balaban J connectivity index is 1.64. The molecule has 3 rings (SSSR count). The average molecular weight is 382 g/mol. The Hall–Kier alpha value is -1.48. The first kappa shape index (κ1) is 19.3. The van der Waals surface area contributed by atoms with Crippen LogP contribution in [0.2, 0.25) is 0 Å². The number of esters is 1. The SMILES string of the molecule is CCN1CCCC(OC(=O)c2ccc(S(=O)(=O)N3CCOCC3)cc2)C1. The van der Waals surface area contributed by atoms with E-state index in [-0.39, 0.29) is 11.0 Å². The lowest BCUT2D eigenvalue weighted by molar-refractivity contribution is 0.00773. The molecular formula is C18H26N2O5S. The van der Waals surface area contributed by atoms with Gasteiger partial charge in [0.1, 0.15) is 6.10 Å². The fourth-order valence-corrected chi connectivity index (χ4v) is 4.72. The summed E-state index contributed by atoms with van der Waals surface area (Å²) in [6.45, 7) is 6.34. The minimum atomic E-state index is -3.55. The van der Waals surface area contributed by atoms with Gasteiger partial charge in [-0.1, -0.05) is 6.92 Å². The van der Waals surface area contributed by atoms with E-state index in [2.05, 4.69) is 11.8 Å². The van der Waals surface area contributed by atoms with Gasteiger partial charge in [-0.2, -0.15) is 4.31 Å². The maximum Gasteiger partial charge on any atom is 0.338 e. The molecule has 2 aliphatic heterocycles. The molecule has 0 N–H and O–H groups in total. The van der Waals surface area contributed by atoms with Gasteiger partial charge >= 0.3 is 5.97 Å². The second-order valence-electron chi connectivity index (χ2n) is 6.60. The monoisotopic (exact) mass is 382 g/mol. The Morgan fingerprint density at radius 3 is 2.54 bits per heavy atom. The summed E-state index contributed by atoms with van der Waals surface area (Å²) in [6.07, 6.45) is 1.78. The van der Waals surface area contributed by atoms with Crippen LogP contribution < -0.4 is 0 Å². The third-order valence-electron chi connectivity index (χ3n) is 4.88. The standard InChI is InChI=1S/C18H26N2O5S/c1-2-19-9-3-4-16(14-19)25-18(21)15-5-7-17(8-6-15)26(22,23)20-10-12-24-13-11-20/h5-8,16H,2-4,9-14H2,1H3. The number of piperidine rings is 1. The van der Waals surface area contributed by atoms with Gasteiger partial charge < -0.3 is 9.47 Å². The topological polar surface area (TPSA) is 76.2 Å². The van der Waals surface area contributed by atoms with Crippen LogP contribution in [0.4, 0.5) is 0 Å². The zero-order valence-corrected chi connectivity index (χ0v) is 15.9. The predicted molar refractivity (Wildman–Crippen MR) is 96.6 cm³/mol. The number of rotatable bonds is 5. The lowest BCUT2D eigenvalue weighted by atomic mass is 10.1. The zero-order valence-electron chi connectivity index (χ0n) is 15.1. The summed E-state index contributed by atoms with van der Waals surface area (Å²) >= 11 is 0. The number of nitrogens with zero attached hydrogens (tertiary/aromatic N) is 2. The number of carbonyl (C=O) groups excluding carboxylic acids is 1. The van der Waals surface area contributed by atoms with E-state index >= 15 is 0 Å². The number of benzene rings is 1. The quantitative estimate of drug-likeness (QED) is 0.716. The van der Waals surface area contributed by atoms with Crippen LogP contribution in [0.1, 0.15) is 30.1 Å². The van der Waals surface area contributed by atoms with Gasteiger partial charge in [0, 0.05) is 19.6 Å². The Labute approximate surface area is 154 Å². The van der Waals surface area contributed by atoms with Gasteiger partial charge in [0.2, 0.25) is 10.0 Å². The summed E-state index contributed by atoms with van der Waals surface area (Å²) in [5.41, 5.74) is 0.375. The van der Waals surface area contributed by atoms with Crippen molar-refractivity contribution in [2.24, 2.45) is 0 Å². The van der Waals surface area contributed by atoms with Crippen LogP contribution in [0.15, 0.2) is 29.2 Å². The second-order valence-corrected chi connectivity index (χ2v) is 8.54. The molecule has 8 heteroatoms. The number of likely N-dealkylation sites (N-methyl/N-ethyl adjacent to an activating group) is 1. The first-order valence-corrected chi connectivity index (χ1v) is 10.6. The fourth-order valence-electron chi connectivity index (χ4n) is 3.31. The molecule has 1 aromatic rings. The molecule has 2 saturated heterocycles. The lowest BCUT2D eigenvalue weighted by Gasteiger charge is -2.31. The zero-order chi connectivity index (χ0) is 18.6. The molecule has 26 heavy (non-hydrogen) atoms. The predicted octanol–water partition coefficient (Wildman–Crippen LogP) is 1.35. The summed E-state index contributed by atoms with van der Waals surface area (Å²) in [7, 11) is -3.55. The molecule has 1 atom stereocenters. The van der Waals surface area contributed by atoms with Crippen LogP contribution in [0, 0.1) is 0 Å². The smallest absolute Gasteiger partial charge is 0.338 e. The molecule has 1 unspecified atom stereocenters. The van der Waals surface area contributed by atoms with Crippen molar-refractivity contribution >= 4 is 16.0 Å². The number of carbonyl (C=O) groups is 1. The largest absolute Gasteiger partial charge is 0.457 e. The molecule has 2 fully saturated rings. The van der Waals surface area contributed by atoms with Gasteiger partial charge in [-0.3, -0.25) is 4.90 Å². The highest BCUT2D eigenvalue weighted by molar-refractivity contribution is 7.89. The van der Waals surface area contributed by atoms with Gasteiger partial charge in [-0.25, -0.2) is 13.2 Å². The third kappa shape index (κ3) is 4.43. The molecule has 2 aliphatic rings. The molecule has 0 aliphatic carbocycles. The van der Waals surface area contributed by atoms with Gasteiger partial charge in [-0.05, 0) is 50.2 Å². The summed E-state index contributed by atoms with van der Waals surface area (Å²) < 4.78 is 37.4. The van der Waals surface area contributed by atoms with Crippen LogP contribution in [-0.4, -0.2) is 75.6 Å². The molecule has 0 aromatic heterocycles. The van der Waals surface area contributed by atoms with Crippen LogP contribution in [0.5, 0.6) is 0 Å².